The quantitative estimate of drug-likeness (QED) is 0.874. The molecule has 0 radical (unpaired) electrons. The SMILES string of the molecule is Cc1ccc(Cc2nnc3n2CCNC3C)cc1. The van der Waals surface area contributed by atoms with E-state index in [1.807, 2.05) is 0 Å². The van der Waals surface area contributed by atoms with E-state index < -0.39 is 0 Å². The Morgan fingerprint density at radius 1 is 1.28 bits per heavy atom. The molecule has 18 heavy (non-hydrogen) atoms. The molecule has 1 aliphatic rings. The predicted octanol–water partition coefficient (Wildman–Crippen LogP) is 1.84. The summed E-state index contributed by atoms with van der Waals surface area (Å²) in [5.74, 6) is 2.13. The van der Waals surface area contributed by atoms with Crippen LogP contribution in [-0.4, -0.2) is 21.3 Å². The van der Waals surface area contributed by atoms with Crippen LogP contribution in [0.1, 0.15) is 35.7 Å². The number of benzene rings is 1. The van der Waals surface area contributed by atoms with Crippen molar-refractivity contribution in [2.75, 3.05) is 6.54 Å². The molecule has 0 bridgehead atoms. The summed E-state index contributed by atoms with van der Waals surface area (Å²) in [6.45, 7) is 6.20. The Balaban J connectivity index is 1.87. The Morgan fingerprint density at radius 2 is 2.06 bits per heavy atom. The van der Waals surface area contributed by atoms with Crippen molar-refractivity contribution in [1.29, 1.82) is 0 Å². The third-order valence-electron chi connectivity index (χ3n) is 3.51. The van der Waals surface area contributed by atoms with Gasteiger partial charge in [-0.1, -0.05) is 29.8 Å². The lowest BCUT2D eigenvalue weighted by Gasteiger charge is -2.21. The zero-order valence-corrected chi connectivity index (χ0v) is 10.8. The molecule has 0 spiro atoms. The summed E-state index contributed by atoms with van der Waals surface area (Å²) in [6, 6.07) is 8.93. The van der Waals surface area contributed by atoms with Crippen molar-refractivity contribution in [1.82, 2.24) is 20.1 Å². The van der Waals surface area contributed by atoms with Crippen LogP contribution in [-0.2, 0) is 13.0 Å². The molecule has 1 N–H and O–H groups in total. The standard InChI is InChI=1S/C14H18N4/c1-10-3-5-12(6-4-10)9-13-16-17-14-11(2)15-7-8-18(13)14/h3-6,11,15H,7-9H2,1-2H3. The van der Waals surface area contributed by atoms with Crippen LogP contribution in [0.2, 0.25) is 0 Å². The second-order valence-corrected chi connectivity index (χ2v) is 4.96. The lowest BCUT2D eigenvalue weighted by Crippen LogP contribution is -2.32. The second kappa shape index (κ2) is 4.53. The van der Waals surface area contributed by atoms with Crippen molar-refractivity contribution in [3.05, 3.63) is 47.0 Å². The predicted molar refractivity (Wildman–Crippen MR) is 70.4 cm³/mol. The highest BCUT2D eigenvalue weighted by Crippen LogP contribution is 2.17. The maximum Gasteiger partial charge on any atom is 0.149 e. The van der Waals surface area contributed by atoms with Gasteiger partial charge in [0.25, 0.3) is 0 Å². The van der Waals surface area contributed by atoms with Crippen LogP contribution in [0.25, 0.3) is 0 Å². The molecule has 2 aromatic rings. The molecule has 0 saturated carbocycles. The highest BCUT2D eigenvalue weighted by atomic mass is 15.3. The number of nitrogens with zero attached hydrogens (tertiary/aromatic N) is 3. The molecule has 0 fully saturated rings. The molecule has 1 atom stereocenters. The maximum absolute atomic E-state index is 4.34. The van der Waals surface area contributed by atoms with Gasteiger partial charge in [0.2, 0.25) is 0 Å². The summed E-state index contributed by atoms with van der Waals surface area (Å²) in [4.78, 5) is 0. The fraction of sp³-hybridized carbons (Fsp3) is 0.429. The van der Waals surface area contributed by atoms with Gasteiger partial charge in [-0.05, 0) is 19.4 Å². The zero-order chi connectivity index (χ0) is 12.5. The summed E-state index contributed by atoms with van der Waals surface area (Å²) in [7, 11) is 0. The molecule has 1 aromatic heterocycles. The molecule has 1 unspecified atom stereocenters. The monoisotopic (exact) mass is 242 g/mol. The van der Waals surface area contributed by atoms with E-state index in [4.69, 9.17) is 0 Å². The smallest absolute Gasteiger partial charge is 0.149 e. The molecule has 94 valence electrons. The highest BCUT2D eigenvalue weighted by molar-refractivity contribution is 5.24. The topological polar surface area (TPSA) is 42.7 Å². The lowest BCUT2D eigenvalue weighted by atomic mass is 10.1. The van der Waals surface area contributed by atoms with Gasteiger partial charge in [0.1, 0.15) is 11.6 Å². The van der Waals surface area contributed by atoms with Crippen molar-refractivity contribution < 1.29 is 0 Å². The van der Waals surface area contributed by atoms with E-state index in [2.05, 4.69) is 58.2 Å². The average molecular weight is 242 g/mol. The van der Waals surface area contributed by atoms with E-state index in [0.29, 0.717) is 6.04 Å². The van der Waals surface area contributed by atoms with Crippen LogP contribution in [0.3, 0.4) is 0 Å². The van der Waals surface area contributed by atoms with Gasteiger partial charge in [-0.25, -0.2) is 0 Å². The number of rotatable bonds is 2. The lowest BCUT2D eigenvalue weighted by molar-refractivity contribution is 0.431. The largest absolute Gasteiger partial charge is 0.312 e. The molecule has 3 rings (SSSR count). The maximum atomic E-state index is 4.34. The first-order chi connectivity index (χ1) is 8.74. The first-order valence-corrected chi connectivity index (χ1v) is 6.45. The minimum Gasteiger partial charge on any atom is -0.312 e. The Morgan fingerprint density at radius 3 is 2.83 bits per heavy atom. The molecule has 1 aliphatic heterocycles. The van der Waals surface area contributed by atoms with Crippen molar-refractivity contribution >= 4 is 0 Å². The fourth-order valence-electron chi connectivity index (χ4n) is 2.42. The molecule has 2 heterocycles. The molecular formula is C14H18N4. The van der Waals surface area contributed by atoms with Gasteiger partial charge in [-0.3, -0.25) is 0 Å². The van der Waals surface area contributed by atoms with Gasteiger partial charge in [0.05, 0.1) is 6.04 Å². The Bertz CT molecular complexity index is 541. The van der Waals surface area contributed by atoms with Gasteiger partial charge < -0.3 is 9.88 Å². The van der Waals surface area contributed by atoms with E-state index in [-0.39, 0.29) is 0 Å². The summed E-state index contributed by atoms with van der Waals surface area (Å²) >= 11 is 0. The van der Waals surface area contributed by atoms with Crippen molar-refractivity contribution in [3.8, 4) is 0 Å². The fourth-order valence-corrected chi connectivity index (χ4v) is 2.42. The van der Waals surface area contributed by atoms with Crippen LogP contribution in [0.15, 0.2) is 24.3 Å². The summed E-state index contributed by atoms with van der Waals surface area (Å²) < 4.78 is 2.25. The molecule has 0 amide bonds. The van der Waals surface area contributed by atoms with E-state index in [0.717, 1.165) is 31.2 Å². The minimum absolute atomic E-state index is 0.304. The van der Waals surface area contributed by atoms with E-state index in [1.165, 1.54) is 11.1 Å². The van der Waals surface area contributed by atoms with E-state index >= 15 is 0 Å². The Hall–Kier alpha value is -1.68. The van der Waals surface area contributed by atoms with Gasteiger partial charge in [0.15, 0.2) is 0 Å². The number of aryl methyl sites for hydroxylation is 1. The molecule has 4 nitrogen and oxygen atoms in total. The molecular weight excluding hydrogens is 224 g/mol. The first-order valence-electron chi connectivity index (χ1n) is 6.45. The van der Waals surface area contributed by atoms with Gasteiger partial charge >= 0.3 is 0 Å². The van der Waals surface area contributed by atoms with Crippen LogP contribution in [0, 0.1) is 6.92 Å². The molecule has 4 heteroatoms. The van der Waals surface area contributed by atoms with Crippen LogP contribution in [0.5, 0.6) is 0 Å². The van der Waals surface area contributed by atoms with Crippen molar-refractivity contribution in [3.63, 3.8) is 0 Å². The zero-order valence-electron chi connectivity index (χ0n) is 10.8. The first kappa shape index (κ1) is 11.4. The van der Waals surface area contributed by atoms with E-state index in [9.17, 15) is 0 Å². The summed E-state index contributed by atoms with van der Waals surface area (Å²) in [6.07, 6.45) is 0.861. The number of aromatic nitrogens is 3. The normalized spacial score (nSPS) is 18.7. The van der Waals surface area contributed by atoms with Gasteiger partial charge in [-0.2, -0.15) is 0 Å². The van der Waals surface area contributed by atoms with Crippen molar-refractivity contribution in [2.45, 2.75) is 32.9 Å². The molecule has 0 saturated heterocycles. The summed E-state index contributed by atoms with van der Waals surface area (Å²) in [5, 5.41) is 12.0. The van der Waals surface area contributed by atoms with Gasteiger partial charge in [0, 0.05) is 19.5 Å². The van der Waals surface area contributed by atoms with Crippen molar-refractivity contribution in [2.24, 2.45) is 0 Å². The third kappa shape index (κ3) is 2.04. The highest BCUT2D eigenvalue weighted by Gasteiger charge is 2.20. The average Bonchev–Trinajstić information content (AvgIpc) is 2.77. The Kier molecular flexibility index (Phi) is 2.88. The van der Waals surface area contributed by atoms with Gasteiger partial charge in [-0.15, -0.1) is 10.2 Å². The van der Waals surface area contributed by atoms with Crippen LogP contribution < -0.4 is 5.32 Å². The van der Waals surface area contributed by atoms with E-state index in [1.54, 1.807) is 0 Å². The number of hydrogen-bond acceptors (Lipinski definition) is 3. The minimum atomic E-state index is 0.304. The number of hydrogen-bond donors (Lipinski definition) is 1. The third-order valence-corrected chi connectivity index (χ3v) is 3.51. The molecule has 0 aliphatic carbocycles. The number of nitrogens with one attached hydrogen (secondary N) is 1. The number of fused-ring (bicyclic) bond motifs is 1. The summed E-state index contributed by atoms with van der Waals surface area (Å²) in [5.41, 5.74) is 2.59. The molecule has 1 aromatic carbocycles. The van der Waals surface area contributed by atoms with Crippen LogP contribution in [0.4, 0.5) is 0 Å². The van der Waals surface area contributed by atoms with Crippen LogP contribution >= 0.6 is 0 Å². The second-order valence-electron chi connectivity index (χ2n) is 4.96. The Labute approximate surface area is 107 Å².